The molecule has 0 amide bonds. The molecule has 0 aliphatic carbocycles. The van der Waals surface area contributed by atoms with Crippen molar-refractivity contribution in [1.29, 1.82) is 0 Å². The van der Waals surface area contributed by atoms with Gasteiger partial charge in [-0.15, -0.1) is 6.58 Å². The Balaban J connectivity index is 3.16. The second-order valence-electron chi connectivity index (χ2n) is 3.38. The Labute approximate surface area is 82.9 Å². The Morgan fingerprint density at radius 1 is 1.71 bits per heavy atom. The van der Waals surface area contributed by atoms with Gasteiger partial charge in [0.05, 0.1) is 5.69 Å². The highest BCUT2D eigenvalue weighted by atomic mass is 16.3. The van der Waals surface area contributed by atoms with Gasteiger partial charge in [0.1, 0.15) is 0 Å². The van der Waals surface area contributed by atoms with Crippen LogP contribution in [0.2, 0.25) is 0 Å². The van der Waals surface area contributed by atoms with Gasteiger partial charge in [0, 0.05) is 12.5 Å². The molecule has 4 heteroatoms. The fourth-order valence-corrected chi connectivity index (χ4v) is 1.33. The fourth-order valence-electron chi connectivity index (χ4n) is 1.33. The van der Waals surface area contributed by atoms with E-state index in [0.717, 1.165) is 6.42 Å². The van der Waals surface area contributed by atoms with Crippen LogP contribution < -0.4 is 5.69 Å². The first-order valence-electron chi connectivity index (χ1n) is 4.74. The van der Waals surface area contributed by atoms with Gasteiger partial charge in [0.2, 0.25) is 5.88 Å². The number of nitrogens with zero attached hydrogens (tertiary/aromatic N) is 1. The van der Waals surface area contributed by atoms with E-state index in [1.807, 2.05) is 13.8 Å². The standard InChI is InChI=1S/C10H16N2O2/c1-4-6-12-9(13)8(7(3)5-2)11-10(12)14/h4,7,13H,1,5-6H2,2-3H3,(H,11,14). The summed E-state index contributed by atoms with van der Waals surface area (Å²) >= 11 is 0. The third-order valence-corrected chi connectivity index (χ3v) is 2.40. The number of rotatable bonds is 4. The molecule has 0 aliphatic rings. The third-order valence-electron chi connectivity index (χ3n) is 2.40. The number of aromatic amines is 1. The molecule has 1 aromatic heterocycles. The normalized spacial score (nSPS) is 12.7. The van der Waals surface area contributed by atoms with Gasteiger partial charge in [-0.25, -0.2) is 4.79 Å². The second kappa shape index (κ2) is 4.17. The molecule has 1 heterocycles. The smallest absolute Gasteiger partial charge is 0.328 e. The van der Waals surface area contributed by atoms with Crippen LogP contribution in [-0.2, 0) is 6.54 Å². The minimum Gasteiger partial charge on any atom is -0.493 e. The zero-order valence-corrected chi connectivity index (χ0v) is 8.58. The minimum atomic E-state index is -0.280. The molecule has 1 atom stereocenters. The highest BCUT2D eigenvalue weighted by molar-refractivity contribution is 5.22. The summed E-state index contributed by atoms with van der Waals surface area (Å²) in [6.45, 7) is 7.83. The molecule has 1 rings (SSSR count). The summed E-state index contributed by atoms with van der Waals surface area (Å²) in [4.78, 5) is 14.0. The van der Waals surface area contributed by atoms with Gasteiger partial charge in [0.25, 0.3) is 0 Å². The molecular formula is C10H16N2O2. The topological polar surface area (TPSA) is 58.0 Å². The van der Waals surface area contributed by atoms with Gasteiger partial charge in [0.15, 0.2) is 0 Å². The van der Waals surface area contributed by atoms with Gasteiger partial charge >= 0.3 is 5.69 Å². The van der Waals surface area contributed by atoms with E-state index in [1.165, 1.54) is 4.57 Å². The zero-order valence-electron chi connectivity index (χ0n) is 8.58. The number of nitrogens with one attached hydrogen (secondary N) is 1. The monoisotopic (exact) mass is 196 g/mol. The van der Waals surface area contributed by atoms with Crippen LogP contribution in [0.25, 0.3) is 0 Å². The summed E-state index contributed by atoms with van der Waals surface area (Å²) in [7, 11) is 0. The number of imidazole rings is 1. The Morgan fingerprint density at radius 2 is 2.36 bits per heavy atom. The molecule has 2 N–H and O–H groups in total. The fraction of sp³-hybridized carbons (Fsp3) is 0.500. The summed E-state index contributed by atoms with van der Waals surface area (Å²) in [5.74, 6) is 0.193. The molecule has 1 aromatic rings. The first kappa shape index (κ1) is 10.6. The van der Waals surface area contributed by atoms with E-state index in [2.05, 4.69) is 11.6 Å². The van der Waals surface area contributed by atoms with Crippen LogP contribution in [0.1, 0.15) is 31.9 Å². The van der Waals surface area contributed by atoms with Crippen molar-refractivity contribution in [2.24, 2.45) is 0 Å². The van der Waals surface area contributed by atoms with Crippen molar-refractivity contribution in [3.63, 3.8) is 0 Å². The number of hydrogen-bond donors (Lipinski definition) is 2. The van der Waals surface area contributed by atoms with Crippen molar-refractivity contribution >= 4 is 0 Å². The third kappa shape index (κ3) is 1.73. The number of hydrogen-bond acceptors (Lipinski definition) is 2. The summed E-state index contributed by atoms with van der Waals surface area (Å²) in [6.07, 6.45) is 2.46. The van der Waals surface area contributed by atoms with Gasteiger partial charge in [-0.2, -0.15) is 0 Å². The maximum atomic E-state index is 11.4. The molecule has 0 aromatic carbocycles. The van der Waals surface area contributed by atoms with Crippen LogP contribution in [0, 0.1) is 0 Å². The Bertz CT molecular complexity index is 376. The number of aromatic nitrogens is 2. The number of aromatic hydroxyl groups is 1. The van der Waals surface area contributed by atoms with Crippen LogP contribution in [0.4, 0.5) is 0 Å². The summed E-state index contributed by atoms with van der Waals surface area (Å²) in [5.41, 5.74) is 0.331. The molecule has 78 valence electrons. The lowest BCUT2D eigenvalue weighted by Crippen LogP contribution is -2.15. The molecule has 0 bridgehead atoms. The van der Waals surface area contributed by atoms with E-state index in [-0.39, 0.29) is 17.5 Å². The highest BCUT2D eigenvalue weighted by Gasteiger charge is 2.15. The van der Waals surface area contributed by atoms with Crippen LogP contribution in [0.3, 0.4) is 0 Å². The predicted molar refractivity (Wildman–Crippen MR) is 55.6 cm³/mol. The van der Waals surface area contributed by atoms with E-state index in [1.54, 1.807) is 6.08 Å². The molecule has 0 fully saturated rings. The van der Waals surface area contributed by atoms with E-state index in [0.29, 0.717) is 12.2 Å². The largest absolute Gasteiger partial charge is 0.493 e. The summed E-state index contributed by atoms with van der Waals surface area (Å²) in [6, 6.07) is 0. The molecule has 4 nitrogen and oxygen atoms in total. The Kier molecular flexibility index (Phi) is 3.17. The molecule has 0 aliphatic heterocycles. The first-order chi connectivity index (χ1) is 6.61. The minimum absolute atomic E-state index is 0.0317. The van der Waals surface area contributed by atoms with Crippen molar-refractivity contribution in [2.75, 3.05) is 0 Å². The molecule has 1 unspecified atom stereocenters. The molecule has 14 heavy (non-hydrogen) atoms. The average Bonchev–Trinajstić information content (AvgIpc) is 2.45. The maximum Gasteiger partial charge on any atom is 0.328 e. The quantitative estimate of drug-likeness (QED) is 0.718. The average molecular weight is 196 g/mol. The van der Waals surface area contributed by atoms with Crippen molar-refractivity contribution in [2.45, 2.75) is 32.7 Å². The Morgan fingerprint density at radius 3 is 2.86 bits per heavy atom. The van der Waals surface area contributed by atoms with Crippen molar-refractivity contribution in [3.05, 3.63) is 28.8 Å². The van der Waals surface area contributed by atoms with Crippen molar-refractivity contribution < 1.29 is 5.11 Å². The first-order valence-corrected chi connectivity index (χ1v) is 4.74. The second-order valence-corrected chi connectivity index (χ2v) is 3.38. The van der Waals surface area contributed by atoms with Gasteiger partial charge in [-0.3, -0.25) is 4.57 Å². The zero-order chi connectivity index (χ0) is 10.7. The maximum absolute atomic E-state index is 11.4. The lowest BCUT2D eigenvalue weighted by atomic mass is 10.1. The van der Waals surface area contributed by atoms with Crippen LogP contribution in [0.15, 0.2) is 17.4 Å². The van der Waals surface area contributed by atoms with Crippen molar-refractivity contribution in [3.8, 4) is 5.88 Å². The van der Waals surface area contributed by atoms with E-state index in [9.17, 15) is 9.90 Å². The highest BCUT2D eigenvalue weighted by Crippen LogP contribution is 2.24. The van der Waals surface area contributed by atoms with Crippen LogP contribution >= 0.6 is 0 Å². The SMILES string of the molecule is C=CCn1c(O)c(C(C)CC)[nH]c1=O. The summed E-state index contributed by atoms with van der Waals surface area (Å²) < 4.78 is 1.27. The van der Waals surface area contributed by atoms with E-state index >= 15 is 0 Å². The molecule has 0 spiro atoms. The lowest BCUT2D eigenvalue weighted by Gasteiger charge is -2.06. The molecular weight excluding hydrogens is 180 g/mol. The van der Waals surface area contributed by atoms with E-state index in [4.69, 9.17) is 0 Å². The molecule has 0 saturated heterocycles. The Hall–Kier alpha value is -1.45. The van der Waals surface area contributed by atoms with Gasteiger partial charge in [-0.1, -0.05) is 19.9 Å². The predicted octanol–water partition coefficient (Wildman–Crippen LogP) is 1.58. The number of allylic oxidation sites excluding steroid dienone is 1. The summed E-state index contributed by atoms with van der Waals surface area (Å²) in [5, 5.41) is 9.73. The molecule has 0 radical (unpaired) electrons. The number of H-pyrrole nitrogens is 1. The van der Waals surface area contributed by atoms with Crippen LogP contribution in [0.5, 0.6) is 5.88 Å². The van der Waals surface area contributed by atoms with Gasteiger partial charge < -0.3 is 10.1 Å². The van der Waals surface area contributed by atoms with Crippen LogP contribution in [-0.4, -0.2) is 14.7 Å². The lowest BCUT2D eigenvalue weighted by molar-refractivity contribution is 0.412. The molecule has 0 saturated carbocycles. The van der Waals surface area contributed by atoms with E-state index < -0.39 is 0 Å². The van der Waals surface area contributed by atoms with Gasteiger partial charge in [-0.05, 0) is 6.42 Å². The van der Waals surface area contributed by atoms with Crippen molar-refractivity contribution in [1.82, 2.24) is 9.55 Å².